The highest BCUT2D eigenvalue weighted by atomic mass is 32.2. The Bertz CT molecular complexity index is 1240. The lowest BCUT2D eigenvalue weighted by molar-refractivity contribution is -0.121. The van der Waals surface area contributed by atoms with Gasteiger partial charge in [-0.05, 0) is 49.4 Å². The SMILES string of the molecule is CSc1ccc(CCNC(=O)Cn2c3ccccc3c3nc(=O)cc(C)n32)cc1. The number of carbonyl (C=O) groups excluding carboxylic acids is 1. The minimum atomic E-state index is -0.276. The highest BCUT2D eigenvalue weighted by Crippen LogP contribution is 2.21. The molecule has 0 fully saturated rings. The fraction of sp³-hybridized carbons (Fsp3) is 0.227. The van der Waals surface area contributed by atoms with E-state index in [2.05, 4.69) is 40.8 Å². The van der Waals surface area contributed by atoms with Crippen LogP contribution in [-0.4, -0.2) is 32.9 Å². The third kappa shape index (κ3) is 3.91. The standard InChI is InChI=1S/C22H22N4O2S/c1-15-13-20(27)24-22-18-5-3-4-6-19(18)25(26(15)22)14-21(28)23-12-11-16-7-9-17(29-2)10-8-16/h3-10,13H,11-12,14H2,1-2H3,(H,23,28). The summed E-state index contributed by atoms with van der Waals surface area (Å²) in [7, 11) is 0. The number of aromatic nitrogens is 3. The van der Waals surface area contributed by atoms with Crippen molar-refractivity contribution >= 4 is 34.2 Å². The zero-order valence-corrected chi connectivity index (χ0v) is 17.2. The summed E-state index contributed by atoms with van der Waals surface area (Å²) in [5.41, 5.74) is 3.11. The summed E-state index contributed by atoms with van der Waals surface area (Å²) in [5.74, 6) is -0.0773. The highest BCUT2D eigenvalue weighted by Gasteiger charge is 2.15. The Balaban J connectivity index is 1.53. The van der Waals surface area contributed by atoms with Crippen LogP contribution in [0.5, 0.6) is 0 Å². The van der Waals surface area contributed by atoms with Crippen molar-refractivity contribution in [2.75, 3.05) is 12.8 Å². The average molecular weight is 407 g/mol. The van der Waals surface area contributed by atoms with Gasteiger partial charge in [0.1, 0.15) is 6.54 Å². The summed E-state index contributed by atoms with van der Waals surface area (Å²) in [5, 5.41) is 3.85. The minimum absolute atomic E-state index is 0.0773. The van der Waals surface area contributed by atoms with Crippen molar-refractivity contribution in [2.24, 2.45) is 0 Å². The van der Waals surface area contributed by atoms with Crippen LogP contribution in [0.1, 0.15) is 11.3 Å². The van der Waals surface area contributed by atoms with E-state index >= 15 is 0 Å². The molecule has 29 heavy (non-hydrogen) atoms. The molecule has 0 atom stereocenters. The van der Waals surface area contributed by atoms with Crippen LogP contribution in [0, 0.1) is 6.92 Å². The van der Waals surface area contributed by atoms with Crippen LogP contribution < -0.4 is 10.9 Å². The third-order valence-electron chi connectivity index (χ3n) is 4.94. The molecule has 2 aromatic carbocycles. The zero-order chi connectivity index (χ0) is 20.4. The quantitative estimate of drug-likeness (QED) is 0.500. The maximum atomic E-state index is 12.6. The molecule has 2 aromatic heterocycles. The zero-order valence-electron chi connectivity index (χ0n) is 16.4. The number of hydrogen-bond donors (Lipinski definition) is 1. The molecule has 2 heterocycles. The van der Waals surface area contributed by atoms with E-state index in [-0.39, 0.29) is 18.0 Å². The Morgan fingerprint density at radius 1 is 1.14 bits per heavy atom. The molecule has 0 aliphatic heterocycles. The normalized spacial score (nSPS) is 11.2. The summed E-state index contributed by atoms with van der Waals surface area (Å²) >= 11 is 1.71. The van der Waals surface area contributed by atoms with Crippen LogP contribution in [-0.2, 0) is 17.8 Å². The third-order valence-corrected chi connectivity index (χ3v) is 5.68. The van der Waals surface area contributed by atoms with Crippen molar-refractivity contribution in [3.63, 3.8) is 0 Å². The van der Waals surface area contributed by atoms with Gasteiger partial charge in [0, 0.05) is 28.6 Å². The van der Waals surface area contributed by atoms with Gasteiger partial charge in [0.25, 0.3) is 5.56 Å². The molecule has 0 spiro atoms. The Hall–Kier alpha value is -3.06. The second-order valence-electron chi connectivity index (χ2n) is 6.89. The summed E-state index contributed by atoms with van der Waals surface area (Å²) < 4.78 is 3.71. The number of aryl methyl sites for hydroxylation is 1. The molecule has 4 rings (SSSR count). The predicted molar refractivity (Wildman–Crippen MR) is 117 cm³/mol. The second kappa shape index (κ2) is 8.13. The Kier molecular flexibility index (Phi) is 5.40. The molecule has 6 nitrogen and oxygen atoms in total. The Labute approximate surface area is 172 Å². The van der Waals surface area contributed by atoms with Crippen LogP contribution >= 0.6 is 11.8 Å². The number of fused-ring (bicyclic) bond motifs is 3. The summed E-state index contributed by atoms with van der Waals surface area (Å²) in [6.45, 7) is 2.57. The van der Waals surface area contributed by atoms with Crippen molar-refractivity contribution in [3.05, 3.63) is 76.2 Å². The van der Waals surface area contributed by atoms with Crippen LogP contribution in [0.3, 0.4) is 0 Å². The molecule has 7 heteroatoms. The first-order valence-electron chi connectivity index (χ1n) is 9.44. The molecular weight excluding hydrogens is 384 g/mol. The van der Waals surface area contributed by atoms with E-state index in [1.807, 2.05) is 40.4 Å². The highest BCUT2D eigenvalue weighted by molar-refractivity contribution is 7.98. The van der Waals surface area contributed by atoms with E-state index in [1.165, 1.54) is 16.5 Å². The first-order valence-corrected chi connectivity index (χ1v) is 10.7. The molecule has 0 saturated heterocycles. The average Bonchev–Trinajstić information content (AvgIpc) is 3.02. The number of benzene rings is 2. The molecule has 0 radical (unpaired) electrons. The lowest BCUT2D eigenvalue weighted by Gasteiger charge is -2.11. The van der Waals surface area contributed by atoms with E-state index in [0.717, 1.165) is 23.0 Å². The molecule has 1 amide bonds. The second-order valence-corrected chi connectivity index (χ2v) is 7.77. The smallest absolute Gasteiger partial charge is 0.273 e. The van der Waals surface area contributed by atoms with Gasteiger partial charge in [-0.1, -0.05) is 24.3 Å². The number of para-hydroxylation sites is 1. The maximum Gasteiger partial charge on any atom is 0.273 e. The van der Waals surface area contributed by atoms with E-state index in [1.54, 1.807) is 11.8 Å². The number of nitrogens with one attached hydrogen (secondary N) is 1. The Morgan fingerprint density at radius 3 is 2.66 bits per heavy atom. The fourth-order valence-corrected chi connectivity index (χ4v) is 3.96. The first-order chi connectivity index (χ1) is 14.1. The minimum Gasteiger partial charge on any atom is -0.354 e. The van der Waals surface area contributed by atoms with Gasteiger partial charge in [-0.2, -0.15) is 4.98 Å². The number of hydrogen-bond acceptors (Lipinski definition) is 4. The number of thioether (sulfide) groups is 1. The van der Waals surface area contributed by atoms with E-state index < -0.39 is 0 Å². The van der Waals surface area contributed by atoms with E-state index in [4.69, 9.17) is 0 Å². The number of rotatable bonds is 6. The molecule has 148 valence electrons. The van der Waals surface area contributed by atoms with Gasteiger partial charge in [-0.3, -0.25) is 14.3 Å². The van der Waals surface area contributed by atoms with E-state index in [0.29, 0.717) is 12.2 Å². The lowest BCUT2D eigenvalue weighted by atomic mass is 10.1. The van der Waals surface area contributed by atoms with Gasteiger partial charge in [-0.15, -0.1) is 11.8 Å². The van der Waals surface area contributed by atoms with Gasteiger partial charge in [0.2, 0.25) is 5.91 Å². The monoisotopic (exact) mass is 406 g/mol. The van der Waals surface area contributed by atoms with Crippen molar-refractivity contribution in [3.8, 4) is 0 Å². The van der Waals surface area contributed by atoms with Gasteiger partial charge in [-0.25, -0.2) is 4.52 Å². The molecule has 0 unspecified atom stereocenters. The van der Waals surface area contributed by atoms with Crippen LogP contribution in [0.2, 0.25) is 0 Å². The maximum absolute atomic E-state index is 12.6. The van der Waals surface area contributed by atoms with Gasteiger partial charge in [0.05, 0.1) is 5.52 Å². The van der Waals surface area contributed by atoms with Gasteiger partial charge in [0.15, 0.2) is 5.65 Å². The van der Waals surface area contributed by atoms with Crippen LogP contribution in [0.25, 0.3) is 16.6 Å². The fourth-order valence-electron chi connectivity index (χ4n) is 3.55. The molecule has 1 N–H and O–H groups in total. The predicted octanol–water partition coefficient (Wildman–Crippen LogP) is 3.04. The first kappa shape index (κ1) is 19.3. The van der Waals surface area contributed by atoms with Gasteiger partial charge >= 0.3 is 0 Å². The number of amides is 1. The van der Waals surface area contributed by atoms with Crippen molar-refractivity contribution in [1.82, 2.24) is 19.5 Å². The molecule has 0 aliphatic carbocycles. The topological polar surface area (TPSA) is 68.4 Å². The summed E-state index contributed by atoms with van der Waals surface area (Å²) in [6, 6.07) is 17.5. The summed E-state index contributed by atoms with van der Waals surface area (Å²) in [4.78, 5) is 29.9. The van der Waals surface area contributed by atoms with Gasteiger partial charge < -0.3 is 5.32 Å². The van der Waals surface area contributed by atoms with Crippen LogP contribution in [0.15, 0.2) is 64.3 Å². The molecular formula is C22H22N4O2S. The molecule has 0 saturated carbocycles. The number of nitrogens with zero attached hydrogens (tertiary/aromatic N) is 3. The van der Waals surface area contributed by atoms with E-state index in [9.17, 15) is 9.59 Å². The van der Waals surface area contributed by atoms with Crippen molar-refractivity contribution in [2.45, 2.75) is 24.8 Å². The lowest BCUT2D eigenvalue weighted by Crippen LogP contribution is -2.31. The summed E-state index contributed by atoms with van der Waals surface area (Å²) in [6.07, 6.45) is 2.83. The molecule has 4 aromatic rings. The van der Waals surface area contributed by atoms with Crippen molar-refractivity contribution in [1.29, 1.82) is 0 Å². The molecule has 0 aliphatic rings. The van der Waals surface area contributed by atoms with Crippen LogP contribution in [0.4, 0.5) is 0 Å². The largest absolute Gasteiger partial charge is 0.354 e. The Morgan fingerprint density at radius 2 is 1.90 bits per heavy atom. The molecule has 0 bridgehead atoms. The number of carbonyl (C=O) groups is 1. The van der Waals surface area contributed by atoms with Crippen molar-refractivity contribution < 1.29 is 4.79 Å².